The van der Waals surface area contributed by atoms with Gasteiger partial charge in [0, 0.05) is 24.0 Å². The number of nitrogens with zero attached hydrogens (tertiary/aromatic N) is 5. The Bertz CT molecular complexity index is 1220. The van der Waals surface area contributed by atoms with E-state index in [1.165, 1.54) is 0 Å². The number of anilines is 1. The summed E-state index contributed by atoms with van der Waals surface area (Å²) in [6.45, 7) is 1.65. The Morgan fingerprint density at radius 1 is 1.30 bits per heavy atom. The zero-order chi connectivity index (χ0) is 23.4. The van der Waals surface area contributed by atoms with Crippen molar-refractivity contribution in [2.75, 3.05) is 5.32 Å². The second kappa shape index (κ2) is 10.3. The van der Waals surface area contributed by atoms with Gasteiger partial charge in [0.05, 0.1) is 38.3 Å². The van der Waals surface area contributed by atoms with Crippen LogP contribution in [0.5, 0.6) is 0 Å². The van der Waals surface area contributed by atoms with Crippen LogP contribution >= 0.6 is 22.6 Å². The maximum atomic E-state index is 12.8. The molecular weight excluding hydrogens is 535 g/mol. The second-order valence-electron chi connectivity index (χ2n) is 8.02. The summed E-state index contributed by atoms with van der Waals surface area (Å²) in [5, 5.41) is 34.6. The van der Waals surface area contributed by atoms with Crippen LogP contribution in [0.1, 0.15) is 38.6 Å². The number of nitrogens with one attached hydrogen (secondary N) is 1. The molecule has 3 aromatic rings. The molecule has 0 unspecified atom stereocenters. The fourth-order valence-corrected chi connectivity index (χ4v) is 4.20. The Balaban J connectivity index is 1.64. The summed E-state index contributed by atoms with van der Waals surface area (Å²) in [7, 11) is 0. The van der Waals surface area contributed by atoms with E-state index in [1.54, 1.807) is 36.0 Å². The zero-order valence-corrected chi connectivity index (χ0v) is 20.3. The van der Waals surface area contributed by atoms with Gasteiger partial charge in [-0.2, -0.15) is 10.2 Å². The normalized spacial score (nSPS) is 20.0. The molecule has 33 heavy (non-hydrogen) atoms. The van der Waals surface area contributed by atoms with Gasteiger partial charge in [-0.25, -0.2) is 4.68 Å². The van der Waals surface area contributed by atoms with E-state index in [4.69, 9.17) is 10.3 Å². The van der Waals surface area contributed by atoms with Gasteiger partial charge in [-0.15, -0.1) is 0 Å². The molecule has 1 aliphatic carbocycles. The van der Waals surface area contributed by atoms with Crippen LogP contribution in [0, 0.1) is 0 Å². The van der Waals surface area contributed by atoms with Gasteiger partial charge in [0.2, 0.25) is 0 Å². The lowest BCUT2D eigenvalue weighted by atomic mass is 9.93. The van der Waals surface area contributed by atoms with Gasteiger partial charge < -0.3 is 15.6 Å². The van der Waals surface area contributed by atoms with E-state index >= 15 is 0 Å². The van der Waals surface area contributed by atoms with Gasteiger partial charge >= 0.3 is 0 Å². The molecule has 10 heteroatoms. The molecule has 0 radical (unpaired) electrons. The molecule has 3 N–H and O–H groups in total. The van der Waals surface area contributed by atoms with Crippen molar-refractivity contribution in [3.8, 4) is 5.69 Å². The minimum atomic E-state index is -0.264. The Hall–Kier alpha value is -2.99. The van der Waals surface area contributed by atoms with Crippen molar-refractivity contribution in [2.45, 2.75) is 44.8 Å². The molecule has 172 valence electrons. The predicted molar refractivity (Wildman–Crippen MR) is 135 cm³/mol. The van der Waals surface area contributed by atoms with Crippen molar-refractivity contribution in [3.63, 3.8) is 0 Å². The predicted octanol–water partition coefficient (Wildman–Crippen LogP) is 4.36. The van der Waals surface area contributed by atoms with Gasteiger partial charge in [-0.05, 0) is 85.5 Å². The van der Waals surface area contributed by atoms with Crippen molar-refractivity contribution in [1.82, 2.24) is 19.6 Å². The van der Waals surface area contributed by atoms with Crippen LogP contribution in [0.3, 0.4) is 0 Å². The number of aliphatic hydroxyl groups is 1. The van der Waals surface area contributed by atoms with Gasteiger partial charge in [0.25, 0.3) is 5.91 Å². The number of benzene rings is 1. The molecule has 2 heterocycles. The van der Waals surface area contributed by atoms with Gasteiger partial charge in [0.1, 0.15) is 0 Å². The van der Waals surface area contributed by atoms with Gasteiger partial charge in [0.15, 0.2) is 0 Å². The molecule has 0 bridgehead atoms. The SMILES string of the molecule is CC(/C=C\C=C(/I)C(=O)Nc1cc2cn([C@H]3CC[C@H](O)CC3)nc2cc1-n1cccn1)=N\O. The van der Waals surface area contributed by atoms with Crippen LogP contribution in [0.25, 0.3) is 16.6 Å². The standard InChI is InChI=1S/C23H25IN6O3/c1-15(28-33)4-2-5-19(24)23(32)26-21-12-16-14-30(17-6-8-18(31)9-7-17)27-20(16)13-22(21)29-11-3-10-25-29/h2-5,10-14,17-18,31,33H,6-9H2,1H3,(H,26,32)/b4-2-,19-5-,28-15+/t17-,18-. The number of rotatable bonds is 6. The van der Waals surface area contributed by atoms with Crippen LogP contribution in [-0.4, -0.2) is 47.6 Å². The lowest BCUT2D eigenvalue weighted by Gasteiger charge is -2.25. The van der Waals surface area contributed by atoms with Crippen LogP contribution in [-0.2, 0) is 4.79 Å². The zero-order valence-electron chi connectivity index (χ0n) is 18.1. The third kappa shape index (κ3) is 5.50. The lowest BCUT2D eigenvalue weighted by Crippen LogP contribution is -2.21. The molecule has 4 rings (SSSR count). The first-order chi connectivity index (χ1) is 15.9. The number of allylic oxidation sites excluding steroid dienone is 3. The second-order valence-corrected chi connectivity index (χ2v) is 9.18. The third-order valence-corrected chi connectivity index (χ3v) is 6.48. The van der Waals surface area contributed by atoms with E-state index in [2.05, 4.69) is 15.6 Å². The topological polar surface area (TPSA) is 118 Å². The highest BCUT2D eigenvalue weighted by Crippen LogP contribution is 2.32. The molecule has 1 aliphatic rings. The summed E-state index contributed by atoms with van der Waals surface area (Å²) in [6, 6.07) is 5.91. The fraction of sp³-hybridized carbons (Fsp3) is 0.304. The number of carbonyl (C=O) groups is 1. The maximum Gasteiger partial charge on any atom is 0.261 e. The number of aromatic nitrogens is 4. The first kappa shape index (κ1) is 23.2. The summed E-state index contributed by atoms with van der Waals surface area (Å²) in [6.07, 6.45) is 13.5. The summed E-state index contributed by atoms with van der Waals surface area (Å²) in [5.74, 6) is -0.264. The Kier molecular flexibility index (Phi) is 7.23. The van der Waals surface area contributed by atoms with E-state index in [1.807, 2.05) is 57.9 Å². The van der Waals surface area contributed by atoms with Gasteiger partial charge in [-0.1, -0.05) is 11.2 Å². The average molecular weight is 560 g/mol. The number of fused-ring (bicyclic) bond motifs is 1. The Morgan fingerprint density at radius 3 is 2.79 bits per heavy atom. The fourth-order valence-electron chi connectivity index (χ4n) is 3.85. The molecule has 1 fully saturated rings. The van der Waals surface area contributed by atoms with Crippen molar-refractivity contribution in [2.24, 2.45) is 5.16 Å². The molecular formula is C23H25IN6O3. The Labute approximate surface area is 204 Å². The number of aliphatic hydroxyl groups excluding tert-OH is 1. The molecule has 1 amide bonds. The first-order valence-electron chi connectivity index (χ1n) is 10.7. The van der Waals surface area contributed by atoms with E-state index in [0.29, 0.717) is 20.7 Å². The number of halogens is 1. The minimum Gasteiger partial charge on any atom is -0.411 e. The Morgan fingerprint density at radius 2 is 2.09 bits per heavy atom. The van der Waals surface area contributed by atoms with Crippen molar-refractivity contribution in [1.29, 1.82) is 0 Å². The molecule has 0 atom stereocenters. The quantitative estimate of drug-likeness (QED) is 0.103. The highest BCUT2D eigenvalue weighted by Gasteiger charge is 2.22. The number of amides is 1. The number of hydrogen-bond acceptors (Lipinski definition) is 6. The van der Waals surface area contributed by atoms with E-state index in [9.17, 15) is 9.90 Å². The van der Waals surface area contributed by atoms with Crippen molar-refractivity contribution < 1.29 is 15.1 Å². The highest BCUT2D eigenvalue weighted by atomic mass is 127. The molecule has 0 saturated heterocycles. The smallest absolute Gasteiger partial charge is 0.261 e. The van der Waals surface area contributed by atoms with Crippen molar-refractivity contribution >= 4 is 50.8 Å². The van der Waals surface area contributed by atoms with Crippen LogP contribution < -0.4 is 5.32 Å². The molecule has 9 nitrogen and oxygen atoms in total. The number of oxime groups is 1. The third-order valence-electron chi connectivity index (χ3n) is 5.63. The largest absolute Gasteiger partial charge is 0.411 e. The number of carbonyl (C=O) groups excluding carboxylic acids is 1. The number of hydrogen-bond donors (Lipinski definition) is 3. The molecule has 0 spiro atoms. The summed E-state index contributed by atoms with van der Waals surface area (Å²) in [4.78, 5) is 12.8. The minimum absolute atomic E-state index is 0.218. The first-order valence-corrected chi connectivity index (χ1v) is 11.8. The lowest BCUT2D eigenvalue weighted by molar-refractivity contribution is -0.112. The van der Waals surface area contributed by atoms with Gasteiger partial charge in [-0.3, -0.25) is 9.48 Å². The van der Waals surface area contributed by atoms with E-state index < -0.39 is 0 Å². The van der Waals surface area contributed by atoms with Crippen LogP contribution in [0.4, 0.5) is 5.69 Å². The van der Waals surface area contributed by atoms with E-state index in [0.717, 1.165) is 36.6 Å². The monoisotopic (exact) mass is 560 g/mol. The molecule has 2 aromatic heterocycles. The summed E-state index contributed by atoms with van der Waals surface area (Å²) >= 11 is 1.97. The van der Waals surface area contributed by atoms with Crippen molar-refractivity contribution in [3.05, 3.63) is 58.6 Å². The van der Waals surface area contributed by atoms with Crippen LogP contribution in [0.2, 0.25) is 0 Å². The molecule has 0 aliphatic heterocycles. The van der Waals surface area contributed by atoms with E-state index in [-0.39, 0.29) is 18.1 Å². The highest BCUT2D eigenvalue weighted by molar-refractivity contribution is 14.1. The summed E-state index contributed by atoms with van der Waals surface area (Å²) in [5.41, 5.74) is 2.59. The summed E-state index contributed by atoms with van der Waals surface area (Å²) < 4.78 is 4.15. The maximum absolute atomic E-state index is 12.8. The van der Waals surface area contributed by atoms with Crippen LogP contribution in [0.15, 0.2) is 63.8 Å². The molecule has 1 aromatic carbocycles. The molecule has 1 saturated carbocycles. The average Bonchev–Trinajstić information content (AvgIpc) is 3.48.